The SMILES string of the molecule is O=C(O)c1c(NS(=O)(=O)c2ccc(F)cc2C2CN(C(=O)C(F)(F)F)C2)ccc2c1OCC1CC21. The Labute approximate surface area is 196 Å². The zero-order chi connectivity index (χ0) is 25.3. The lowest BCUT2D eigenvalue weighted by atomic mass is 9.91. The summed E-state index contributed by atoms with van der Waals surface area (Å²) in [5.41, 5.74) is -0.0395. The van der Waals surface area contributed by atoms with E-state index in [4.69, 9.17) is 4.74 Å². The number of benzene rings is 2. The Morgan fingerprint density at radius 3 is 2.49 bits per heavy atom. The normalized spacial score (nSPS) is 21.3. The van der Waals surface area contributed by atoms with Gasteiger partial charge in [0.1, 0.15) is 17.1 Å². The number of halogens is 4. The number of carbonyl (C=O) groups is 2. The van der Waals surface area contributed by atoms with E-state index in [1.165, 1.54) is 6.07 Å². The molecule has 0 radical (unpaired) electrons. The lowest BCUT2D eigenvalue weighted by Crippen LogP contribution is -2.53. The molecule has 1 saturated heterocycles. The van der Waals surface area contributed by atoms with Gasteiger partial charge in [0.05, 0.1) is 17.2 Å². The fourth-order valence-corrected chi connectivity index (χ4v) is 6.00. The molecule has 2 N–H and O–H groups in total. The summed E-state index contributed by atoms with van der Waals surface area (Å²) in [6.07, 6.45) is -4.23. The fourth-order valence-electron chi connectivity index (χ4n) is 4.65. The number of nitrogens with zero attached hydrogens (tertiary/aromatic N) is 1. The highest BCUT2D eigenvalue weighted by Crippen LogP contribution is 2.55. The van der Waals surface area contributed by atoms with E-state index in [0.717, 1.165) is 24.6 Å². The van der Waals surface area contributed by atoms with Gasteiger partial charge in [0.25, 0.3) is 10.0 Å². The van der Waals surface area contributed by atoms with E-state index in [2.05, 4.69) is 4.72 Å². The molecule has 0 spiro atoms. The zero-order valence-corrected chi connectivity index (χ0v) is 18.6. The molecule has 0 bridgehead atoms. The molecule has 2 unspecified atom stereocenters. The third kappa shape index (κ3) is 4.07. The fraction of sp³-hybridized carbons (Fsp3) is 0.364. The molecule has 8 nitrogen and oxygen atoms in total. The first kappa shape index (κ1) is 23.4. The Morgan fingerprint density at radius 2 is 1.83 bits per heavy atom. The Bertz CT molecular complexity index is 1350. The van der Waals surface area contributed by atoms with Crippen molar-refractivity contribution in [3.63, 3.8) is 0 Å². The van der Waals surface area contributed by atoms with Crippen molar-refractivity contribution in [1.29, 1.82) is 0 Å². The Kier molecular flexibility index (Phi) is 5.24. The monoisotopic (exact) mass is 514 g/mol. The van der Waals surface area contributed by atoms with Crippen molar-refractivity contribution >= 4 is 27.6 Å². The summed E-state index contributed by atoms with van der Waals surface area (Å²) in [4.78, 5) is 23.4. The van der Waals surface area contributed by atoms with Gasteiger partial charge in [-0.3, -0.25) is 9.52 Å². The third-order valence-electron chi connectivity index (χ3n) is 6.52. The highest BCUT2D eigenvalue weighted by Gasteiger charge is 2.48. The van der Waals surface area contributed by atoms with Crippen LogP contribution >= 0.6 is 0 Å². The van der Waals surface area contributed by atoms with Crippen molar-refractivity contribution in [3.05, 3.63) is 52.8 Å². The lowest BCUT2D eigenvalue weighted by Gasteiger charge is -2.40. The number of alkyl halides is 3. The molecule has 13 heteroatoms. The lowest BCUT2D eigenvalue weighted by molar-refractivity contribution is -0.189. The van der Waals surface area contributed by atoms with Crippen LogP contribution in [0.5, 0.6) is 5.75 Å². The molecule has 2 aromatic carbocycles. The number of sulfonamides is 1. The average Bonchev–Trinajstić information content (AvgIpc) is 3.51. The molecule has 1 aliphatic carbocycles. The van der Waals surface area contributed by atoms with E-state index >= 15 is 0 Å². The molecular formula is C22H18F4N2O6S. The second kappa shape index (κ2) is 7.83. The van der Waals surface area contributed by atoms with E-state index in [0.29, 0.717) is 23.0 Å². The largest absolute Gasteiger partial charge is 0.492 e. The van der Waals surface area contributed by atoms with Crippen LogP contribution in [0.4, 0.5) is 23.2 Å². The van der Waals surface area contributed by atoms with Gasteiger partial charge in [0, 0.05) is 24.9 Å². The van der Waals surface area contributed by atoms with Gasteiger partial charge in [0.2, 0.25) is 0 Å². The van der Waals surface area contributed by atoms with E-state index < -0.39 is 57.8 Å². The van der Waals surface area contributed by atoms with Crippen LogP contribution in [0, 0.1) is 11.7 Å². The number of ether oxygens (including phenoxy) is 1. The summed E-state index contributed by atoms with van der Waals surface area (Å²) in [6, 6.07) is 5.62. The van der Waals surface area contributed by atoms with Gasteiger partial charge >= 0.3 is 18.1 Å². The number of fused-ring (bicyclic) bond motifs is 3. The summed E-state index contributed by atoms with van der Waals surface area (Å²) < 4.78 is 86.2. The second-order valence-corrected chi connectivity index (χ2v) is 10.5. The van der Waals surface area contributed by atoms with Crippen LogP contribution in [0.15, 0.2) is 35.2 Å². The summed E-state index contributed by atoms with van der Waals surface area (Å²) >= 11 is 0. The number of nitrogens with one attached hydrogen (secondary N) is 1. The first-order valence-corrected chi connectivity index (χ1v) is 12.1. The summed E-state index contributed by atoms with van der Waals surface area (Å²) in [7, 11) is -4.49. The van der Waals surface area contributed by atoms with Crippen molar-refractivity contribution in [1.82, 2.24) is 4.90 Å². The minimum Gasteiger partial charge on any atom is -0.492 e. The highest BCUT2D eigenvalue weighted by atomic mass is 32.2. The van der Waals surface area contributed by atoms with Gasteiger partial charge in [-0.1, -0.05) is 6.07 Å². The first-order valence-electron chi connectivity index (χ1n) is 10.6. The molecule has 2 aromatic rings. The van der Waals surface area contributed by atoms with Crippen molar-refractivity contribution < 1.29 is 45.4 Å². The Morgan fingerprint density at radius 1 is 1.11 bits per heavy atom. The van der Waals surface area contributed by atoms with E-state index in [-0.39, 0.29) is 28.5 Å². The number of aromatic carboxylic acids is 1. The van der Waals surface area contributed by atoms with Crippen LogP contribution in [-0.4, -0.2) is 56.2 Å². The molecule has 2 aliphatic heterocycles. The molecule has 0 aromatic heterocycles. The van der Waals surface area contributed by atoms with Crippen molar-refractivity contribution in [3.8, 4) is 5.75 Å². The summed E-state index contributed by atoms with van der Waals surface area (Å²) in [6.45, 7) is -0.565. The highest BCUT2D eigenvalue weighted by molar-refractivity contribution is 7.92. The quantitative estimate of drug-likeness (QED) is 0.592. The maximum atomic E-state index is 14.0. The number of likely N-dealkylation sites (tertiary alicyclic amines) is 1. The van der Waals surface area contributed by atoms with Gasteiger partial charge in [-0.25, -0.2) is 17.6 Å². The van der Waals surface area contributed by atoms with Crippen LogP contribution in [0.3, 0.4) is 0 Å². The van der Waals surface area contributed by atoms with Crippen LogP contribution < -0.4 is 9.46 Å². The molecule has 1 amide bonds. The van der Waals surface area contributed by atoms with Gasteiger partial charge in [0.15, 0.2) is 0 Å². The molecule has 2 fully saturated rings. The number of hydrogen-bond donors (Lipinski definition) is 2. The number of carboxylic acid groups (broad SMARTS) is 1. The van der Waals surface area contributed by atoms with E-state index in [1.54, 1.807) is 6.07 Å². The first-order chi connectivity index (χ1) is 16.4. The van der Waals surface area contributed by atoms with Crippen LogP contribution in [0.25, 0.3) is 0 Å². The topological polar surface area (TPSA) is 113 Å². The zero-order valence-electron chi connectivity index (χ0n) is 17.8. The molecule has 2 atom stereocenters. The van der Waals surface area contributed by atoms with Gasteiger partial charge in [-0.2, -0.15) is 13.2 Å². The number of anilines is 1. The number of carboxylic acids is 1. The van der Waals surface area contributed by atoms with Crippen molar-refractivity contribution in [2.45, 2.75) is 29.3 Å². The van der Waals surface area contributed by atoms with Crippen LogP contribution in [0.1, 0.15) is 39.7 Å². The van der Waals surface area contributed by atoms with Crippen molar-refractivity contribution in [2.75, 3.05) is 24.4 Å². The number of rotatable bonds is 5. The maximum Gasteiger partial charge on any atom is 0.471 e. The minimum absolute atomic E-state index is 0.0936. The second-order valence-electron chi connectivity index (χ2n) is 8.82. The van der Waals surface area contributed by atoms with Crippen LogP contribution in [0.2, 0.25) is 0 Å². The molecule has 1 saturated carbocycles. The van der Waals surface area contributed by atoms with Crippen LogP contribution in [-0.2, 0) is 14.8 Å². The molecule has 5 rings (SSSR count). The minimum atomic E-state index is -5.08. The number of amides is 1. The summed E-state index contributed by atoms with van der Waals surface area (Å²) in [5, 5.41) is 9.77. The molecule has 35 heavy (non-hydrogen) atoms. The molecule has 2 heterocycles. The van der Waals surface area contributed by atoms with Gasteiger partial charge in [-0.15, -0.1) is 0 Å². The standard InChI is InChI=1S/C22H18F4N2O6S/c23-12-1-4-17(15(6-12)11-7-28(8-11)21(31)22(24,25)26)35(32,33)27-16-3-2-13-14-5-10(14)9-34-19(13)18(16)20(29)30/h1-4,6,10-11,14,27H,5,7-9H2,(H,29,30). The van der Waals surface area contributed by atoms with Crippen molar-refractivity contribution in [2.24, 2.45) is 5.92 Å². The Balaban J connectivity index is 1.46. The third-order valence-corrected chi connectivity index (χ3v) is 7.96. The Hall–Kier alpha value is -3.35. The van der Waals surface area contributed by atoms with Gasteiger partial charge in [-0.05, 0) is 47.7 Å². The molecular weight excluding hydrogens is 496 g/mol. The molecule has 186 valence electrons. The number of hydrogen-bond acceptors (Lipinski definition) is 5. The van der Waals surface area contributed by atoms with E-state index in [1.807, 2.05) is 0 Å². The maximum absolute atomic E-state index is 14.0. The molecule has 3 aliphatic rings. The predicted octanol–water partition coefficient (Wildman–Crippen LogP) is 3.31. The smallest absolute Gasteiger partial charge is 0.471 e. The van der Waals surface area contributed by atoms with E-state index in [9.17, 15) is 40.7 Å². The predicted molar refractivity (Wildman–Crippen MR) is 112 cm³/mol. The number of carbonyl (C=O) groups excluding carboxylic acids is 1. The summed E-state index contributed by atoms with van der Waals surface area (Å²) in [5.74, 6) is -4.58. The van der Waals surface area contributed by atoms with Gasteiger partial charge < -0.3 is 14.7 Å². The average molecular weight is 514 g/mol.